The highest BCUT2D eigenvalue weighted by atomic mass is 19.4. The van der Waals surface area contributed by atoms with Crippen molar-refractivity contribution in [3.8, 4) is 17.2 Å². The minimum atomic E-state index is -4.87. The molecule has 25 heavy (non-hydrogen) atoms. The molecule has 0 amide bonds. The summed E-state index contributed by atoms with van der Waals surface area (Å²) in [6, 6.07) is 1.63. The first-order chi connectivity index (χ1) is 11.6. The highest BCUT2D eigenvalue weighted by Crippen LogP contribution is 2.39. The van der Waals surface area contributed by atoms with Crippen LogP contribution in [0.1, 0.15) is 21.6 Å². The average molecular weight is 363 g/mol. The second-order valence-corrected chi connectivity index (χ2v) is 4.77. The Morgan fingerprint density at radius 1 is 1.20 bits per heavy atom. The lowest BCUT2D eigenvalue weighted by Gasteiger charge is -2.16. The average Bonchev–Trinajstić information content (AvgIpc) is 2.49. The molecule has 2 rings (SSSR count). The highest BCUT2D eigenvalue weighted by Gasteiger charge is 2.37. The summed E-state index contributed by atoms with van der Waals surface area (Å²) in [7, 11) is 1.01. The van der Waals surface area contributed by atoms with Crippen molar-refractivity contribution in [1.29, 1.82) is 0 Å². The number of halogens is 5. The number of aromatic nitrogens is 1. The van der Waals surface area contributed by atoms with E-state index < -0.39 is 57.8 Å². The van der Waals surface area contributed by atoms with Gasteiger partial charge in [0.2, 0.25) is 11.6 Å². The Balaban J connectivity index is 2.60. The summed E-state index contributed by atoms with van der Waals surface area (Å²) < 4.78 is 75.2. The Bertz CT molecular complexity index is 836. The molecule has 0 atom stereocenters. The zero-order chi connectivity index (χ0) is 18.9. The van der Waals surface area contributed by atoms with E-state index in [1.165, 1.54) is 0 Å². The molecular weight excluding hydrogens is 353 g/mol. The zero-order valence-electron chi connectivity index (χ0n) is 12.7. The van der Waals surface area contributed by atoms with Crippen LogP contribution in [-0.4, -0.2) is 23.2 Å². The Morgan fingerprint density at radius 2 is 1.84 bits per heavy atom. The fourth-order valence-electron chi connectivity index (χ4n) is 2.12. The number of aromatic carboxylic acids is 1. The molecule has 0 aliphatic carbocycles. The summed E-state index contributed by atoms with van der Waals surface area (Å²) in [4.78, 5) is 14.5. The molecule has 1 aromatic heterocycles. The van der Waals surface area contributed by atoms with E-state index in [4.69, 9.17) is 4.74 Å². The number of hydrogen-bond donors (Lipinski definition) is 1. The molecule has 1 aromatic carbocycles. The molecule has 0 saturated carbocycles. The minimum Gasteiger partial charge on any atom is -0.490 e. The largest absolute Gasteiger partial charge is 0.490 e. The Kier molecular flexibility index (Phi) is 4.82. The van der Waals surface area contributed by atoms with Crippen molar-refractivity contribution < 1.29 is 41.3 Å². The standard InChI is InChI=1S/C15H10F5NO4/c1-6-10(14(22)23)9(5-21-13(6)15(18,19)20)25-8-4-3-7(16)11(17)12(8)24-2/h3-5H,1-2H3,(H,22,23). The summed E-state index contributed by atoms with van der Waals surface area (Å²) in [5.41, 5.74) is -2.89. The summed E-state index contributed by atoms with van der Waals surface area (Å²) in [5.74, 6) is -6.03. The Morgan fingerprint density at radius 3 is 2.36 bits per heavy atom. The number of carbonyl (C=O) groups is 1. The van der Waals surface area contributed by atoms with Gasteiger partial charge in [-0.15, -0.1) is 0 Å². The van der Waals surface area contributed by atoms with Crippen LogP contribution in [0, 0.1) is 18.6 Å². The van der Waals surface area contributed by atoms with Gasteiger partial charge >= 0.3 is 12.1 Å². The predicted octanol–water partition coefficient (Wildman–Crippen LogP) is 4.19. The molecule has 1 heterocycles. The van der Waals surface area contributed by atoms with Gasteiger partial charge < -0.3 is 14.6 Å². The molecule has 10 heteroatoms. The van der Waals surface area contributed by atoms with E-state index in [-0.39, 0.29) is 0 Å². The molecule has 0 fully saturated rings. The molecule has 1 N–H and O–H groups in total. The van der Waals surface area contributed by atoms with E-state index in [0.29, 0.717) is 12.3 Å². The third-order valence-corrected chi connectivity index (χ3v) is 3.21. The van der Waals surface area contributed by atoms with E-state index in [2.05, 4.69) is 9.72 Å². The third kappa shape index (κ3) is 3.47. The Labute approximate surface area is 137 Å². The molecule has 0 saturated heterocycles. The molecule has 0 aliphatic rings. The number of carboxylic acids is 1. The van der Waals surface area contributed by atoms with Crippen LogP contribution in [-0.2, 0) is 6.18 Å². The van der Waals surface area contributed by atoms with Gasteiger partial charge in [-0.2, -0.15) is 17.6 Å². The number of ether oxygens (including phenoxy) is 2. The van der Waals surface area contributed by atoms with Crippen LogP contribution in [0.5, 0.6) is 17.2 Å². The van der Waals surface area contributed by atoms with Crippen molar-refractivity contribution in [3.05, 3.63) is 46.8 Å². The topological polar surface area (TPSA) is 68.7 Å². The smallest absolute Gasteiger partial charge is 0.433 e. The van der Waals surface area contributed by atoms with Gasteiger partial charge in [0, 0.05) is 0 Å². The van der Waals surface area contributed by atoms with Gasteiger partial charge in [0.1, 0.15) is 11.3 Å². The van der Waals surface area contributed by atoms with Crippen molar-refractivity contribution in [2.45, 2.75) is 13.1 Å². The number of rotatable bonds is 4. The van der Waals surface area contributed by atoms with Crippen molar-refractivity contribution in [2.24, 2.45) is 0 Å². The number of alkyl halides is 3. The van der Waals surface area contributed by atoms with Gasteiger partial charge in [-0.25, -0.2) is 14.2 Å². The molecule has 5 nitrogen and oxygen atoms in total. The number of benzene rings is 1. The summed E-state index contributed by atoms with van der Waals surface area (Å²) in [6.45, 7) is 0.911. The lowest BCUT2D eigenvalue weighted by molar-refractivity contribution is -0.141. The lowest BCUT2D eigenvalue weighted by Crippen LogP contribution is -2.15. The third-order valence-electron chi connectivity index (χ3n) is 3.21. The maximum Gasteiger partial charge on any atom is 0.433 e. The molecule has 0 unspecified atom stereocenters. The first-order valence-corrected chi connectivity index (χ1v) is 6.57. The number of hydrogen-bond acceptors (Lipinski definition) is 4. The van der Waals surface area contributed by atoms with E-state index >= 15 is 0 Å². The Hall–Kier alpha value is -2.91. The van der Waals surface area contributed by atoms with Crippen molar-refractivity contribution in [1.82, 2.24) is 4.98 Å². The molecule has 0 bridgehead atoms. The predicted molar refractivity (Wildman–Crippen MR) is 73.9 cm³/mol. The molecule has 134 valence electrons. The monoisotopic (exact) mass is 363 g/mol. The first kappa shape index (κ1) is 18.4. The fraction of sp³-hybridized carbons (Fsp3) is 0.200. The van der Waals surface area contributed by atoms with Crippen LogP contribution >= 0.6 is 0 Å². The van der Waals surface area contributed by atoms with E-state index in [0.717, 1.165) is 20.1 Å². The van der Waals surface area contributed by atoms with Crippen molar-refractivity contribution in [2.75, 3.05) is 7.11 Å². The highest BCUT2D eigenvalue weighted by molar-refractivity contribution is 5.93. The van der Waals surface area contributed by atoms with Gasteiger partial charge in [0.25, 0.3) is 0 Å². The fourth-order valence-corrected chi connectivity index (χ4v) is 2.12. The van der Waals surface area contributed by atoms with Crippen LogP contribution < -0.4 is 9.47 Å². The van der Waals surface area contributed by atoms with Gasteiger partial charge in [-0.1, -0.05) is 0 Å². The summed E-state index contributed by atoms with van der Waals surface area (Å²) in [5, 5.41) is 9.20. The first-order valence-electron chi connectivity index (χ1n) is 6.57. The van der Waals surface area contributed by atoms with Gasteiger partial charge in [-0.3, -0.25) is 0 Å². The number of methoxy groups -OCH3 is 1. The molecule has 0 aliphatic heterocycles. The minimum absolute atomic E-state index is 0.426. The number of nitrogens with zero attached hydrogens (tertiary/aromatic N) is 1. The SMILES string of the molecule is COc1c(Oc2cnc(C(F)(F)F)c(C)c2C(=O)O)ccc(F)c1F. The van der Waals surface area contributed by atoms with E-state index in [9.17, 15) is 31.9 Å². The van der Waals surface area contributed by atoms with Crippen molar-refractivity contribution in [3.63, 3.8) is 0 Å². The quantitative estimate of drug-likeness (QED) is 0.825. The van der Waals surface area contributed by atoms with E-state index in [1.54, 1.807) is 0 Å². The molecule has 0 radical (unpaired) electrons. The van der Waals surface area contributed by atoms with E-state index in [1.807, 2.05) is 0 Å². The maximum atomic E-state index is 13.7. The van der Waals surface area contributed by atoms with Gasteiger partial charge in [-0.05, 0) is 24.6 Å². The second-order valence-electron chi connectivity index (χ2n) is 4.77. The van der Waals surface area contributed by atoms with Crippen LogP contribution in [0.4, 0.5) is 22.0 Å². The number of pyridine rings is 1. The second kappa shape index (κ2) is 6.54. The normalized spacial score (nSPS) is 11.3. The van der Waals surface area contributed by atoms with Gasteiger partial charge in [0.05, 0.1) is 13.3 Å². The van der Waals surface area contributed by atoms with Crippen LogP contribution in [0.2, 0.25) is 0 Å². The van der Waals surface area contributed by atoms with Gasteiger partial charge in [0.15, 0.2) is 17.3 Å². The molecular formula is C15H10F5NO4. The van der Waals surface area contributed by atoms with Crippen LogP contribution in [0.15, 0.2) is 18.3 Å². The number of carboxylic acid groups (broad SMARTS) is 1. The van der Waals surface area contributed by atoms with Crippen molar-refractivity contribution >= 4 is 5.97 Å². The zero-order valence-corrected chi connectivity index (χ0v) is 12.7. The molecule has 2 aromatic rings. The summed E-state index contributed by atoms with van der Waals surface area (Å²) >= 11 is 0. The lowest BCUT2D eigenvalue weighted by atomic mass is 10.1. The van der Waals surface area contributed by atoms with Crippen LogP contribution in [0.25, 0.3) is 0 Å². The maximum absolute atomic E-state index is 13.7. The molecule has 0 spiro atoms. The van der Waals surface area contributed by atoms with Crippen LogP contribution in [0.3, 0.4) is 0 Å². The summed E-state index contributed by atoms with van der Waals surface area (Å²) in [6.07, 6.45) is -4.33.